The zero-order valence-corrected chi connectivity index (χ0v) is 9.16. The molecule has 1 atom stereocenters. The summed E-state index contributed by atoms with van der Waals surface area (Å²) in [5.41, 5.74) is 0. The molecule has 0 heterocycles. The summed E-state index contributed by atoms with van der Waals surface area (Å²) in [5.74, 6) is -1.07. The van der Waals surface area contributed by atoms with Crippen LogP contribution in [0.2, 0.25) is 0 Å². The summed E-state index contributed by atoms with van der Waals surface area (Å²) in [7, 11) is 0. The van der Waals surface area contributed by atoms with E-state index in [1.165, 1.54) is 0 Å². The first-order valence-corrected chi connectivity index (χ1v) is 5.65. The number of rotatable bonds is 6. The standard InChI is InChI=1S/C11H19NO3/c1-2-4-9(11(14)15)7-12-10(13)8-5-3-6-8/h8-9H,2-7H2,1H3,(H,12,13)(H,14,15). The number of hydrogen-bond donors (Lipinski definition) is 2. The van der Waals surface area contributed by atoms with Crippen molar-refractivity contribution in [1.82, 2.24) is 5.32 Å². The minimum atomic E-state index is -0.814. The molecule has 1 amide bonds. The topological polar surface area (TPSA) is 66.4 Å². The van der Waals surface area contributed by atoms with Gasteiger partial charge in [-0.2, -0.15) is 0 Å². The third-order valence-electron chi connectivity index (χ3n) is 2.99. The number of carbonyl (C=O) groups excluding carboxylic acids is 1. The molecular formula is C11H19NO3. The predicted molar refractivity (Wildman–Crippen MR) is 56.4 cm³/mol. The molecule has 0 aromatic rings. The lowest BCUT2D eigenvalue weighted by Crippen LogP contribution is -2.38. The highest BCUT2D eigenvalue weighted by atomic mass is 16.4. The number of amides is 1. The van der Waals surface area contributed by atoms with Gasteiger partial charge in [-0.15, -0.1) is 0 Å². The highest BCUT2D eigenvalue weighted by Crippen LogP contribution is 2.26. The van der Waals surface area contributed by atoms with Gasteiger partial charge in [-0.25, -0.2) is 0 Å². The molecule has 1 saturated carbocycles. The minimum absolute atomic E-state index is 0.0311. The molecule has 1 aliphatic rings. The highest BCUT2D eigenvalue weighted by molar-refractivity contribution is 5.80. The highest BCUT2D eigenvalue weighted by Gasteiger charge is 2.26. The first-order chi connectivity index (χ1) is 7.15. The Bertz CT molecular complexity index is 236. The van der Waals surface area contributed by atoms with Gasteiger partial charge in [0.05, 0.1) is 5.92 Å². The van der Waals surface area contributed by atoms with Crippen LogP contribution in [0.3, 0.4) is 0 Å². The first kappa shape index (κ1) is 12.0. The molecule has 0 saturated heterocycles. The van der Waals surface area contributed by atoms with Gasteiger partial charge in [0.15, 0.2) is 0 Å². The van der Waals surface area contributed by atoms with Crippen LogP contribution in [0.25, 0.3) is 0 Å². The Morgan fingerprint density at radius 3 is 2.53 bits per heavy atom. The van der Waals surface area contributed by atoms with Gasteiger partial charge in [0.1, 0.15) is 0 Å². The summed E-state index contributed by atoms with van der Waals surface area (Å²) in [6.07, 6.45) is 4.49. The van der Waals surface area contributed by atoms with E-state index in [2.05, 4.69) is 5.32 Å². The van der Waals surface area contributed by atoms with Gasteiger partial charge in [-0.1, -0.05) is 19.8 Å². The Balaban J connectivity index is 2.25. The molecule has 0 radical (unpaired) electrons. The quantitative estimate of drug-likeness (QED) is 0.701. The molecule has 0 aliphatic heterocycles. The Kier molecular flexibility index (Phi) is 4.59. The fraction of sp³-hybridized carbons (Fsp3) is 0.818. The third kappa shape index (κ3) is 3.53. The number of aliphatic carboxylic acids is 1. The number of carboxylic acid groups (broad SMARTS) is 1. The van der Waals surface area contributed by atoms with E-state index in [9.17, 15) is 9.59 Å². The molecular weight excluding hydrogens is 194 g/mol. The predicted octanol–water partition coefficient (Wildman–Crippen LogP) is 1.40. The van der Waals surface area contributed by atoms with Crippen molar-refractivity contribution in [3.8, 4) is 0 Å². The van der Waals surface area contributed by atoms with Crippen LogP contribution in [0, 0.1) is 11.8 Å². The summed E-state index contributed by atoms with van der Waals surface area (Å²) in [5, 5.41) is 11.6. The number of carbonyl (C=O) groups is 2. The maximum Gasteiger partial charge on any atom is 0.308 e. The van der Waals surface area contributed by atoms with E-state index in [4.69, 9.17) is 5.11 Å². The molecule has 4 heteroatoms. The van der Waals surface area contributed by atoms with E-state index in [1.807, 2.05) is 6.92 Å². The van der Waals surface area contributed by atoms with Crippen LogP contribution < -0.4 is 5.32 Å². The van der Waals surface area contributed by atoms with Gasteiger partial charge in [0, 0.05) is 12.5 Å². The second kappa shape index (κ2) is 5.73. The molecule has 15 heavy (non-hydrogen) atoms. The van der Waals surface area contributed by atoms with Crippen LogP contribution in [-0.2, 0) is 9.59 Å². The largest absolute Gasteiger partial charge is 0.481 e. The molecule has 0 aromatic heterocycles. The van der Waals surface area contributed by atoms with E-state index in [1.54, 1.807) is 0 Å². The zero-order valence-electron chi connectivity index (χ0n) is 9.16. The monoisotopic (exact) mass is 213 g/mol. The maximum atomic E-state index is 11.5. The fourth-order valence-corrected chi connectivity index (χ4v) is 1.70. The molecule has 0 bridgehead atoms. The van der Waals surface area contributed by atoms with Gasteiger partial charge in [0.2, 0.25) is 5.91 Å². The SMILES string of the molecule is CCCC(CNC(=O)C1CCC1)C(=O)O. The normalized spacial score (nSPS) is 17.9. The average Bonchev–Trinajstić information content (AvgIpc) is 2.08. The molecule has 1 rings (SSSR count). The van der Waals surface area contributed by atoms with E-state index in [0.717, 1.165) is 25.7 Å². The van der Waals surface area contributed by atoms with Crippen molar-refractivity contribution in [2.45, 2.75) is 39.0 Å². The van der Waals surface area contributed by atoms with E-state index < -0.39 is 11.9 Å². The molecule has 4 nitrogen and oxygen atoms in total. The molecule has 1 unspecified atom stereocenters. The Morgan fingerprint density at radius 1 is 1.47 bits per heavy atom. The average molecular weight is 213 g/mol. The van der Waals surface area contributed by atoms with Crippen molar-refractivity contribution < 1.29 is 14.7 Å². The van der Waals surface area contributed by atoms with Gasteiger partial charge in [-0.05, 0) is 19.3 Å². The second-order valence-corrected chi connectivity index (χ2v) is 4.20. The van der Waals surface area contributed by atoms with Crippen molar-refractivity contribution in [2.24, 2.45) is 11.8 Å². The van der Waals surface area contributed by atoms with Gasteiger partial charge in [0.25, 0.3) is 0 Å². The smallest absolute Gasteiger partial charge is 0.308 e. The summed E-state index contributed by atoms with van der Waals surface area (Å²) >= 11 is 0. The first-order valence-electron chi connectivity index (χ1n) is 5.65. The van der Waals surface area contributed by atoms with Crippen molar-refractivity contribution in [2.75, 3.05) is 6.54 Å². The molecule has 86 valence electrons. The van der Waals surface area contributed by atoms with E-state index in [0.29, 0.717) is 6.42 Å². The third-order valence-corrected chi connectivity index (χ3v) is 2.99. The molecule has 0 aromatic carbocycles. The van der Waals surface area contributed by atoms with Crippen LogP contribution in [0.1, 0.15) is 39.0 Å². The number of hydrogen-bond acceptors (Lipinski definition) is 2. The van der Waals surface area contributed by atoms with Crippen molar-refractivity contribution >= 4 is 11.9 Å². The fourth-order valence-electron chi connectivity index (χ4n) is 1.70. The summed E-state index contributed by atoms with van der Waals surface area (Å²) in [6.45, 7) is 2.22. The van der Waals surface area contributed by atoms with Crippen molar-refractivity contribution in [1.29, 1.82) is 0 Å². The Hall–Kier alpha value is -1.06. The lowest BCUT2D eigenvalue weighted by molar-refractivity contribution is -0.142. The second-order valence-electron chi connectivity index (χ2n) is 4.20. The molecule has 1 aliphatic carbocycles. The molecule has 0 spiro atoms. The van der Waals surface area contributed by atoms with Crippen LogP contribution >= 0.6 is 0 Å². The summed E-state index contributed by atoms with van der Waals surface area (Å²) in [6, 6.07) is 0. The molecule has 2 N–H and O–H groups in total. The lowest BCUT2D eigenvalue weighted by atomic mass is 9.84. The van der Waals surface area contributed by atoms with Crippen LogP contribution in [0.15, 0.2) is 0 Å². The summed E-state index contributed by atoms with van der Waals surface area (Å²) in [4.78, 5) is 22.3. The van der Waals surface area contributed by atoms with Gasteiger partial charge < -0.3 is 10.4 Å². The number of carboxylic acids is 1. The van der Waals surface area contributed by atoms with Crippen LogP contribution in [0.5, 0.6) is 0 Å². The number of nitrogens with one attached hydrogen (secondary N) is 1. The lowest BCUT2D eigenvalue weighted by Gasteiger charge is -2.24. The maximum absolute atomic E-state index is 11.5. The van der Waals surface area contributed by atoms with E-state index >= 15 is 0 Å². The van der Waals surface area contributed by atoms with Gasteiger partial charge in [-0.3, -0.25) is 9.59 Å². The molecule has 1 fully saturated rings. The minimum Gasteiger partial charge on any atom is -0.481 e. The van der Waals surface area contributed by atoms with E-state index in [-0.39, 0.29) is 18.4 Å². The van der Waals surface area contributed by atoms with Crippen LogP contribution in [-0.4, -0.2) is 23.5 Å². The Morgan fingerprint density at radius 2 is 2.13 bits per heavy atom. The Labute approximate surface area is 90.0 Å². The van der Waals surface area contributed by atoms with Crippen molar-refractivity contribution in [3.63, 3.8) is 0 Å². The van der Waals surface area contributed by atoms with Gasteiger partial charge >= 0.3 is 5.97 Å². The summed E-state index contributed by atoms with van der Waals surface area (Å²) < 4.78 is 0. The van der Waals surface area contributed by atoms with Crippen molar-refractivity contribution in [3.05, 3.63) is 0 Å². The zero-order chi connectivity index (χ0) is 11.3. The van der Waals surface area contributed by atoms with Crippen LogP contribution in [0.4, 0.5) is 0 Å².